The van der Waals surface area contributed by atoms with E-state index in [1.807, 2.05) is 50.2 Å². The van der Waals surface area contributed by atoms with E-state index in [0.29, 0.717) is 22.3 Å². The molecule has 0 N–H and O–H groups in total. The number of halogens is 1. The minimum Gasteiger partial charge on any atom is -0.482 e. The monoisotopic (exact) mass is 534 g/mol. The summed E-state index contributed by atoms with van der Waals surface area (Å²) in [5.41, 5.74) is 1.47. The van der Waals surface area contributed by atoms with Crippen LogP contribution < -0.4 is 10.3 Å². The number of nitro groups is 1. The Balaban J connectivity index is 1.70. The zero-order valence-corrected chi connectivity index (χ0v) is 20.8. The summed E-state index contributed by atoms with van der Waals surface area (Å²) in [7, 11) is 0. The predicted octanol–water partition coefficient (Wildman–Crippen LogP) is 6.04. The molecular weight excluding hydrogens is 512 g/mol. The maximum absolute atomic E-state index is 13.3. The van der Waals surface area contributed by atoms with Crippen molar-refractivity contribution in [3.05, 3.63) is 109 Å². The third-order valence-corrected chi connectivity index (χ3v) is 6.12. The number of hydrogen-bond acceptors (Lipinski definition) is 6. The van der Waals surface area contributed by atoms with E-state index in [0.717, 1.165) is 16.5 Å². The molecule has 0 spiro atoms. The molecule has 1 aromatic heterocycles. The molecule has 0 aliphatic carbocycles. The van der Waals surface area contributed by atoms with Crippen LogP contribution in [0.2, 0.25) is 0 Å². The summed E-state index contributed by atoms with van der Waals surface area (Å²) in [5.74, 6) is 0.669. The minimum atomic E-state index is -0.496. The first-order chi connectivity index (χ1) is 16.9. The Morgan fingerprint density at radius 1 is 1.17 bits per heavy atom. The molecule has 9 heteroatoms. The molecule has 0 aliphatic rings. The van der Waals surface area contributed by atoms with Gasteiger partial charge in [0.25, 0.3) is 5.56 Å². The highest BCUT2D eigenvalue weighted by Gasteiger charge is 2.18. The molecule has 0 aliphatic heterocycles. The molecular formula is C26H23BrN4O4. The molecule has 0 unspecified atom stereocenters. The first kappa shape index (κ1) is 24.3. The van der Waals surface area contributed by atoms with E-state index in [-0.39, 0.29) is 29.5 Å². The first-order valence-corrected chi connectivity index (χ1v) is 11.9. The van der Waals surface area contributed by atoms with Crippen molar-refractivity contribution in [3.8, 4) is 5.75 Å². The number of aromatic nitrogens is 2. The molecule has 0 amide bonds. The van der Waals surface area contributed by atoms with Crippen molar-refractivity contribution < 1.29 is 9.66 Å². The number of ether oxygens (including phenoxy) is 1. The minimum absolute atomic E-state index is 0.0176. The Morgan fingerprint density at radius 2 is 1.94 bits per heavy atom. The summed E-state index contributed by atoms with van der Waals surface area (Å²) in [5, 5.41) is 16.5. The quantitative estimate of drug-likeness (QED) is 0.156. The number of nitro benzene ring substituents is 1. The van der Waals surface area contributed by atoms with Crippen molar-refractivity contribution in [3.63, 3.8) is 0 Å². The predicted molar refractivity (Wildman–Crippen MR) is 139 cm³/mol. The maximum atomic E-state index is 13.3. The average Bonchev–Trinajstić information content (AvgIpc) is 2.87. The van der Waals surface area contributed by atoms with Crippen molar-refractivity contribution in [2.24, 2.45) is 5.10 Å². The van der Waals surface area contributed by atoms with Crippen LogP contribution in [0, 0.1) is 10.1 Å². The van der Waals surface area contributed by atoms with E-state index < -0.39 is 4.92 Å². The van der Waals surface area contributed by atoms with Crippen molar-refractivity contribution >= 4 is 38.7 Å². The van der Waals surface area contributed by atoms with Gasteiger partial charge in [0.1, 0.15) is 12.4 Å². The number of hydrogen-bond donors (Lipinski definition) is 0. The number of nitrogens with zero attached hydrogens (tertiary/aromatic N) is 4. The SMILES string of the molecule is CC[C@H](C)c1nc2ccc(Br)cc2c(=O)n1N=Cc1ccc(OCc2ccccc2)c([N+](=O)[O-])c1. The van der Waals surface area contributed by atoms with Crippen LogP contribution in [0.1, 0.15) is 43.1 Å². The van der Waals surface area contributed by atoms with Crippen LogP contribution in [0.15, 0.2) is 81.1 Å². The number of benzene rings is 3. The van der Waals surface area contributed by atoms with Crippen LogP contribution in [0.4, 0.5) is 5.69 Å². The van der Waals surface area contributed by atoms with Gasteiger partial charge in [-0.15, -0.1) is 0 Å². The van der Waals surface area contributed by atoms with Crippen LogP contribution in [0.3, 0.4) is 0 Å². The highest BCUT2D eigenvalue weighted by atomic mass is 79.9. The van der Waals surface area contributed by atoms with Crippen LogP contribution >= 0.6 is 15.9 Å². The van der Waals surface area contributed by atoms with Gasteiger partial charge in [0.05, 0.1) is 22.0 Å². The van der Waals surface area contributed by atoms with Crippen LogP contribution in [0.5, 0.6) is 5.75 Å². The van der Waals surface area contributed by atoms with Crippen molar-refractivity contribution in [2.75, 3.05) is 0 Å². The van der Waals surface area contributed by atoms with Crippen LogP contribution in [0.25, 0.3) is 10.9 Å². The highest BCUT2D eigenvalue weighted by molar-refractivity contribution is 9.10. The Kier molecular flexibility index (Phi) is 7.36. The Bertz CT molecular complexity index is 1470. The summed E-state index contributed by atoms with van der Waals surface area (Å²) in [4.78, 5) is 29.1. The maximum Gasteiger partial charge on any atom is 0.311 e. The standard InChI is InChI=1S/C26H23BrN4O4/c1-3-17(2)25-29-22-11-10-20(27)14-21(22)26(32)30(25)28-15-19-9-12-24(23(13-19)31(33)34)35-16-18-7-5-4-6-8-18/h4-15,17H,3,16H2,1-2H3/t17-/m0/s1. The zero-order valence-electron chi connectivity index (χ0n) is 19.2. The zero-order chi connectivity index (χ0) is 24.9. The van der Waals surface area contributed by atoms with E-state index in [4.69, 9.17) is 4.74 Å². The lowest BCUT2D eigenvalue weighted by atomic mass is 10.1. The van der Waals surface area contributed by atoms with Gasteiger partial charge in [-0.25, -0.2) is 4.98 Å². The molecule has 0 saturated carbocycles. The summed E-state index contributed by atoms with van der Waals surface area (Å²) in [6, 6.07) is 19.3. The molecule has 0 bridgehead atoms. The Hall–Kier alpha value is -3.85. The second kappa shape index (κ2) is 10.6. The van der Waals surface area contributed by atoms with Gasteiger partial charge in [0.2, 0.25) is 0 Å². The average molecular weight is 535 g/mol. The van der Waals surface area contributed by atoms with E-state index in [1.165, 1.54) is 23.0 Å². The van der Waals surface area contributed by atoms with Crippen molar-refractivity contribution in [1.82, 2.24) is 9.66 Å². The third kappa shape index (κ3) is 5.46. The van der Waals surface area contributed by atoms with Gasteiger partial charge in [-0.05, 0) is 42.3 Å². The van der Waals surface area contributed by atoms with Gasteiger partial charge in [0, 0.05) is 22.0 Å². The van der Waals surface area contributed by atoms with Crippen molar-refractivity contribution in [1.29, 1.82) is 0 Å². The van der Waals surface area contributed by atoms with Gasteiger partial charge in [-0.1, -0.05) is 60.1 Å². The lowest BCUT2D eigenvalue weighted by molar-refractivity contribution is -0.385. The smallest absolute Gasteiger partial charge is 0.311 e. The fourth-order valence-electron chi connectivity index (χ4n) is 3.52. The number of rotatable bonds is 8. The molecule has 1 heterocycles. The van der Waals surface area contributed by atoms with Gasteiger partial charge in [-0.3, -0.25) is 14.9 Å². The van der Waals surface area contributed by atoms with Crippen molar-refractivity contribution in [2.45, 2.75) is 32.8 Å². The first-order valence-electron chi connectivity index (χ1n) is 11.1. The van der Waals surface area contributed by atoms with E-state index in [2.05, 4.69) is 26.0 Å². The summed E-state index contributed by atoms with van der Waals surface area (Å²) < 4.78 is 7.72. The van der Waals surface area contributed by atoms with E-state index >= 15 is 0 Å². The van der Waals surface area contributed by atoms with Gasteiger partial charge in [-0.2, -0.15) is 9.78 Å². The second-order valence-electron chi connectivity index (χ2n) is 8.06. The molecule has 0 radical (unpaired) electrons. The fraction of sp³-hybridized carbons (Fsp3) is 0.192. The molecule has 0 fully saturated rings. The van der Waals surface area contributed by atoms with Gasteiger partial charge < -0.3 is 4.74 Å². The summed E-state index contributed by atoms with van der Waals surface area (Å²) >= 11 is 3.39. The molecule has 4 aromatic rings. The molecule has 1 atom stereocenters. The molecule has 4 rings (SSSR count). The number of fused-ring (bicyclic) bond motifs is 1. The van der Waals surface area contributed by atoms with E-state index in [9.17, 15) is 14.9 Å². The van der Waals surface area contributed by atoms with Crippen LogP contribution in [-0.4, -0.2) is 20.8 Å². The lowest BCUT2D eigenvalue weighted by Crippen LogP contribution is -2.23. The van der Waals surface area contributed by atoms with Crippen LogP contribution in [-0.2, 0) is 6.61 Å². The highest BCUT2D eigenvalue weighted by Crippen LogP contribution is 2.28. The Labute approximate surface area is 210 Å². The molecule has 3 aromatic carbocycles. The fourth-order valence-corrected chi connectivity index (χ4v) is 3.88. The Morgan fingerprint density at radius 3 is 2.66 bits per heavy atom. The molecule has 0 saturated heterocycles. The molecule has 8 nitrogen and oxygen atoms in total. The summed E-state index contributed by atoms with van der Waals surface area (Å²) in [6.07, 6.45) is 2.19. The molecule has 35 heavy (non-hydrogen) atoms. The molecule has 178 valence electrons. The van der Waals surface area contributed by atoms with Gasteiger partial charge in [0.15, 0.2) is 5.75 Å². The normalized spacial score (nSPS) is 12.2. The third-order valence-electron chi connectivity index (χ3n) is 5.63. The van der Waals surface area contributed by atoms with Gasteiger partial charge >= 0.3 is 5.69 Å². The largest absolute Gasteiger partial charge is 0.482 e. The lowest BCUT2D eigenvalue weighted by Gasteiger charge is -2.14. The second-order valence-corrected chi connectivity index (χ2v) is 8.98. The summed E-state index contributed by atoms with van der Waals surface area (Å²) in [6.45, 7) is 4.19. The van der Waals surface area contributed by atoms with E-state index in [1.54, 1.807) is 18.2 Å². The topological polar surface area (TPSA) is 99.6 Å².